The third-order valence-corrected chi connectivity index (χ3v) is 5.93. The van der Waals surface area contributed by atoms with E-state index in [0.29, 0.717) is 24.6 Å². The predicted octanol–water partition coefficient (Wildman–Crippen LogP) is 1.19. The fourth-order valence-electron chi connectivity index (χ4n) is 2.64. The number of ether oxygens (including phenoxy) is 2. The summed E-state index contributed by atoms with van der Waals surface area (Å²) in [6, 6.07) is 4.53. The van der Waals surface area contributed by atoms with Gasteiger partial charge in [-0.3, -0.25) is 4.79 Å². The molecule has 0 N–H and O–H groups in total. The summed E-state index contributed by atoms with van der Waals surface area (Å²) in [5.74, 6) is 0.813. The second-order valence-corrected chi connectivity index (χ2v) is 7.84. The number of hydrogen-bond donors (Lipinski definition) is 0. The molecule has 0 aromatic heterocycles. The molecular weight excluding hydrogens is 332 g/mol. The van der Waals surface area contributed by atoms with Crippen molar-refractivity contribution in [2.75, 3.05) is 40.4 Å². The van der Waals surface area contributed by atoms with E-state index in [0.717, 1.165) is 0 Å². The van der Waals surface area contributed by atoms with E-state index in [9.17, 15) is 13.2 Å². The summed E-state index contributed by atoms with van der Waals surface area (Å²) in [6.45, 7) is 5.07. The molecule has 1 fully saturated rings. The van der Waals surface area contributed by atoms with Crippen molar-refractivity contribution in [1.29, 1.82) is 0 Å². The van der Waals surface area contributed by atoms with Crippen LogP contribution in [0.5, 0.6) is 11.5 Å². The first-order valence-electron chi connectivity index (χ1n) is 7.82. The third kappa shape index (κ3) is 3.64. The molecule has 1 aromatic carbocycles. The Morgan fingerprint density at radius 1 is 1.04 bits per heavy atom. The molecule has 8 heteroatoms. The number of sulfonamides is 1. The monoisotopic (exact) mass is 356 g/mol. The van der Waals surface area contributed by atoms with Crippen molar-refractivity contribution in [3.05, 3.63) is 18.2 Å². The standard InChI is InChI=1S/C16H24N2O5S/c1-12(2)16(19)17-7-9-18(10-8-17)24(20,21)13-5-6-14(22-3)15(11-13)23-4/h5-6,11-12H,7-10H2,1-4H3. The van der Waals surface area contributed by atoms with Gasteiger partial charge in [0.05, 0.1) is 19.1 Å². The largest absolute Gasteiger partial charge is 0.493 e. The number of rotatable bonds is 5. The van der Waals surface area contributed by atoms with Gasteiger partial charge in [-0.1, -0.05) is 13.8 Å². The Hall–Kier alpha value is -1.80. The molecule has 0 saturated carbocycles. The number of piperazine rings is 1. The molecule has 1 aromatic rings. The second-order valence-electron chi connectivity index (χ2n) is 5.90. The zero-order valence-electron chi connectivity index (χ0n) is 14.5. The van der Waals surface area contributed by atoms with Gasteiger partial charge in [0, 0.05) is 38.2 Å². The van der Waals surface area contributed by atoms with Gasteiger partial charge in [-0.2, -0.15) is 4.31 Å². The molecule has 1 heterocycles. The maximum absolute atomic E-state index is 12.8. The molecule has 24 heavy (non-hydrogen) atoms. The van der Waals surface area contributed by atoms with Crippen LogP contribution in [-0.4, -0.2) is 63.9 Å². The Balaban J connectivity index is 2.16. The topological polar surface area (TPSA) is 76.2 Å². The van der Waals surface area contributed by atoms with Crippen LogP contribution in [-0.2, 0) is 14.8 Å². The molecule has 0 atom stereocenters. The van der Waals surface area contributed by atoms with Gasteiger partial charge < -0.3 is 14.4 Å². The minimum absolute atomic E-state index is 0.0539. The van der Waals surface area contributed by atoms with Crippen molar-refractivity contribution in [3.8, 4) is 11.5 Å². The highest BCUT2D eigenvalue weighted by atomic mass is 32.2. The van der Waals surface area contributed by atoms with Crippen LogP contribution in [0.15, 0.2) is 23.1 Å². The summed E-state index contributed by atoms with van der Waals surface area (Å²) in [5, 5.41) is 0. The summed E-state index contributed by atoms with van der Waals surface area (Å²) in [4.78, 5) is 13.9. The maximum atomic E-state index is 12.8. The Morgan fingerprint density at radius 2 is 1.62 bits per heavy atom. The van der Waals surface area contributed by atoms with E-state index in [1.54, 1.807) is 11.0 Å². The Morgan fingerprint density at radius 3 is 2.12 bits per heavy atom. The molecule has 1 aliphatic heterocycles. The Kier molecular flexibility index (Phi) is 5.71. The van der Waals surface area contributed by atoms with Crippen LogP contribution in [0.2, 0.25) is 0 Å². The highest BCUT2D eigenvalue weighted by Crippen LogP contribution is 2.30. The number of hydrogen-bond acceptors (Lipinski definition) is 5. The van der Waals surface area contributed by atoms with Crippen molar-refractivity contribution in [2.45, 2.75) is 18.7 Å². The Labute approximate surface area is 143 Å². The molecule has 0 spiro atoms. The van der Waals surface area contributed by atoms with E-state index in [-0.39, 0.29) is 29.8 Å². The van der Waals surface area contributed by atoms with Crippen LogP contribution in [0.4, 0.5) is 0 Å². The van der Waals surface area contributed by atoms with Crippen LogP contribution in [0.25, 0.3) is 0 Å². The van der Waals surface area contributed by atoms with Gasteiger partial charge in [-0.25, -0.2) is 8.42 Å². The average Bonchev–Trinajstić information content (AvgIpc) is 2.60. The van der Waals surface area contributed by atoms with E-state index in [2.05, 4.69) is 0 Å². The molecule has 0 radical (unpaired) electrons. The Bertz CT molecular complexity index is 694. The maximum Gasteiger partial charge on any atom is 0.243 e. The number of carbonyl (C=O) groups is 1. The molecule has 1 aliphatic rings. The summed E-state index contributed by atoms with van der Waals surface area (Å²) in [7, 11) is -0.669. The van der Waals surface area contributed by atoms with E-state index >= 15 is 0 Å². The lowest BCUT2D eigenvalue weighted by Gasteiger charge is -2.34. The summed E-state index contributed by atoms with van der Waals surface area (Å²) in [6.07, 6.45) is 0. The van der Waals surface area contributed by atoms with Crippen LogP contribution >= 0.6 is 0 Å². The number of carbonyl (C=O) groups excluding carboxylic acids is 1. The second kappa shape index (κ2) is 7.40. The third-order valence-electron chi connectivity index (χ3n) is 4.04. The zero-order valence-corrected chi connectivity index (χ0v) is 15.3. The molecule has 7 nitrogen and oxygen atoms in total. The van der Waals surface area contributed by atoms with Crippen LogP contribution in [0.3, 0.4) is 0 Å². The quantitative estimate of drug-likeness (QED) is 0.792. The molecule has 134 valence electrons. The zero-order chi connectivity index (χ0) is 17.9. The molecule has 0 unspecified atom stereocenters. The molecule has 2 rings (SSSR count). The smallest absolute Gasteiger partial charge is 0.243 e. The van der Waals surface area contributed by atoms with Crippen LogP contribution in [0.1, 0.15) is 13.8 Å². The fraction of sp³-hybridized carbons (Fsp3) is 0.562. The van der Waals surface area contributed by atoms with Gasteiger partial charge >= 0.3 is 0 Å². The summed E-state index contributed by atoms with van der Waals surface area (Å²) >= 11 is 0. The van der Waals surface area contributed by atoms with Crippen LogP contribution < -0.4 is 9.47 Å². The van der Waals surface area contributed by atoms with E-state index in [1.165, 1.54) is 30.7 Å². The number of nitrogens with zero attached hydrogens (tertiary/aromatic N) is 2. The minimum Gasteiger partial charge on any atom is -0.493 e. The van der Waals surface area contributed by atoms with E-state index in [1.807, 2.05) is 13.8 Å². The lowest BCUT2D eigenvalue weighted by Crippen LogP contribution is -2.51. The molecule has 1 amide bonds. The average molecular weight is 356 g/mol. The first kappa shape index (κ1) is 18.5. The summed E-state index contributed by atoms with van der Waals surface area (Å²) < 4.78 is 37.3. The van der Waals surface area contributed by atoms with E-state index in [4.69, 9.17) is 9.47 Å². The molecule has 1 saturated heterocycles. The van der Waals surface area contributed by atoms with Crippen molar-refractivity contribution in [1.82, 2.24) is 9.21 Å². The number of methoxy groups -OCH3 is 2. The fourth-order valence-corrected chi connectivity index (χ4v) is 4.08. The van der Waals surface area contributed by atoms with Gasteiger partial charge in [0.25, 0.3) is 0 Å². The number of amides is 1. The van der Waals surface area contributed by atoms with Crippen molar-refractivity contribution in [2.24, 2.45) is 5.92 Å². The lowest BCUT2D eigenvalue weighted by molar-refractivity contribution is -0.135. The minimum atomic E-state index is -3.63. The molecular formula is C16H24N2O5S. The first-order chi connectivity index (χ1) is 11.3. The van der Waals surface area contributed by atoms with E-state index < -0.39 is 10.0 Å². The number of benzene rings is 1. The SMILES string of the molecule is COc1ccc(S(=O)(=O)N2CCN(C(=O)C(C)C)CC2)cc1OC. The lowest BCUT2D eigenvalue weighted by atomic mass is 10.2. The van der Waals surface area contributed by atoms with Gasteiger partial charge in [0.2, 0.25) is 15.9 Å². The molecule has 0 aliphatic carbocycles. The van der Waals surface area contributed by atoms with Gasteiger partial charge in [-0.05, 0) is 12.1 Å². The highest BCUT2D eigenvalue weighted by molar-refractivity contribution is 7.89. The summed E-state index contributed by atoms with van der Waals surface area (Å²) in [5.41, 5.74) is 0. The van der Waals surface area contributed by atoms with Gasteiger partial charge in [-0.15, -0.1) is 0 Å². The van der Waals surface area contributed by atoms with Gasteiger partial charge in [0.15, 0.2) is 11.5 Å². The molecule has 0 bridgehead atoms. The van der Waals surface area contributed by atoms with Crippen molar-refractivity contribution < 1.29 is 22.7 Å². The van der Waals surface area contributed by atoms with Crippen molar-refractivity contribution in [3.63, 3.8) is 0 Å². The first-order valence-corrected chi connectivity index (χ1v) is 9.26. The highest BCUT2D eigenvalue weighted by Gasteiger charge is 2.31. The van der Waals surface area contributed by atoms with Crippen molar-refractivity contribution >= 4 is 15.9 Å². The normalized spacial score (nSPS) is 16.3. The predicted molar refractivity (Wildman–Crippen MR) is 89.7 cm³/mol. The van der Waals surface area contributed by atoms with Crippen LogP contribution in [0, 0.1) is 5.92 Å². The van der Waals surface area contributed by atoms with Gasteiger partial charge in [0.1, 0.15) is 0 Å².